The minimum Gasteiger partial charge on any atom is -0.393 e. The molecule has 0 heterocycles. The minimum absolute atomic E-state index is 0.0903. The molecule has 66 valence electrons. The minimum atomic E-state index is -0.482. The van der Waals surface area contributed by atoms with Gasteiger partial charge in [-0.25, -0.2) is 0 Å². The van der Waals surface area contributed by atoms with E-state index >= 15 is 0 Å². The molecule has 0 rings (SSSR count). The average Bonchev–Trinajstić information content (AvgIpc) is 1.84. The Labute approximate surface area is 68.6 Å². The molecule has 2 nitrogen and oxygen atoms in total. The molecule has 0 bridgehead atoms. The number of hydrogen-bond donors (Lipinski definition) is 2. The van der Waals surface area contributed by atoms with Crippen LogP contribution in [0.5, 0.6) is 0 Å². The summed E-state index contributed by atoms with van der Waals surface area (Å²) in [5, 5.41) is 18.4. The van der Waals surface area contributed by atoms with E-state index in [-0.39, 0.29) is 12.0 Å². The van der Waals surface area contributed by atoms with Gasteiger partial charge < -0.3 is 10.2 Å². The largest absolute Gasteiger partial charge is 0.393 e. The van der Waals surface area contributed by atoms with Crippen LogP contribution < -0.4 is 0 Å². The summed E-state index contributed by atoms with van der Waals surface area (Å²) >= 11 is 0. The van der Waals surface area contributed by atoms with E-state index in [1.165, 1.54) is 0 Å². The van der Waals surface area contributed by atoms with Crippen molar-refractivity contribution in [3.63, 3.8) is 0 Å². The summed E-state index contributed by atoms with van der Waals surface area (Å²) in [6, 6.07) is 0. The lowest BCUT2D eigenvalue weighted by Crippen LogP contribution is -2.22. The number of hydrogen-bond acceptors (Lipinski definition) is 2. The van der Waals surface area contributed by atoms with Crippen LogP contribution in [0.25, 0.3) is 0 Å². The maximum Gasteiger partial charge on any atom is 0.0771 e. The van der Waals surface area contributed by atoms with E-state index in [2.05, 4.69) is 6.58 Å². The lowest BCUT2D eigenvalue weighted by Gasteiger charge is -2.19. The molecule has 0 aliphatic heterocycles. The highest BCUT2D eigenvalue weighted by Gasteiger charge is 2.16. The Morgan fingerprint density at radius 3 is 2.09 bits per heavy atom. The lowest BCUT2D eigenvalue weighted by atomic mass is 9.94. The van der Waals surface area contributed by atoms with E-state index in [9.17, 15) is 5.11 Å². The van der Waals surface area contributed by atoms with Crippen molar-refractivity contribution in [1.82, 2.24) is 0 Å². The second-order valence-corrected chi connectivity index (χ2v) is 3.35. The van der Waals surface area contributed by atoms with Crippen molar-refractivity contribution in [3.8, 4) is 0 Å². The van der Waals surface area contributed by atoms with E-state index in [1.807, 2.05) is 6.92 Å². The van der Waals surface area contributed by atoms with Gasteiger partial charge in [0.05, 0.1) is 12.2 Å². The van der Waals surface area contributed by atoms with Crippen molar-refractivity contribution in [2.75, 3.05) is 0 Å². The van der Waals surface area contributed by atoms with Crippen molar-refractivity contribution >= 4 is 0 Å². The predicted molar refractivity (Wildman–Crippen MR) is 46.3 cm³/mol. The van der Waals surface area contributed by atoms with Crippen molar-refractivity contribution in [2.45, 2.75) is 39.4 Å². The Morgan fingerprint density at radius 2 is 1.82 bits per heavy atom. The molecule has 3 atom stereocenters. The molecule has 2 N–H and O–H groups in total. The molecule has 0 radical (unpaired) electrons. The first-order valence-corrected chi connectivity index (χ1v) is 3.96. The van der Waals surface area contributed by atoms with Crippen LogP contribution in [0.4, 0.5) is 0 Å². The summed E-state index contributed by atoms with van der Waals surface area (Å²) in [5.41, 5.74) is 0.762. The van der Waals surface area contributed by atoms with Gasteiger partial charge in [0.15, 0.2) is 0 Å². The Morgan fingerprint density at radius 1 is 1.36 bits per heavy atom. The van der Waals surface area contributed by atoms with Gasteiger partial charge >= 0.3 is 0 Å². The van der Waals surface area contributed by atoms with Crippen LogP contribution in [-0.2, 0) is 0 Å². The molecular formula is C9H18O2. The fourth-order valence-electron chi connectivity index (χ4n) is 1.15. The zero-order chi connectivity index (χ0) is 9.02. The Bertz CT molecular complexity index is 130. The summed E-state index contributed by atoms with van der Waals surface area (Å²) in [5.74, 6) is 0.0903. The summed E-state index contributed by atoms with van der Waals surface area (Å²) in [6.45, 7) is 9.08. The maximum absolute atomic E-state index is 9.43. The van der Waals surface area contributed by atoms with Crippen LogP contribution in [0.2, 0.25) is 0 Å². The number of aliphatic hydroxyl groups excluding tert-OH is 2. The predicted octanol–water partition coefficient (Wildman–Crippen LogP) is 1.33. The van der Waals surface area contributed by atoms with Gasteiger partial charge in [-0.2, -0.15) is 0 Å². The third-order valence-electron chi connectivity index (χ3n) is 1.76. The fourth-order valence-corrected chi connectivity index (χ4v) is 1.15. The molecule has 2 heteroatoms. The van der Waals surface area contributed by atoms with Gasteiger partial charge in [0, 0.05) is 0 Å². The van der Waals surface area contributed by atoms with Crippen molar-refractivity contribution < 1.29 is 10.2 Å². The topological polar surface area (TPSA) is 40.5 Å². The van der Waals surface area contributed by atoms with E-state index in [4.69, 9.17) is 5.11 Å². The summed E-state index contributed by atoms with van der Waals surface area (Å²) in [4.78, 5) is 0. The third-order valence-corrected chi connectivity index (χ3v) is 1.76. The molecule has 0 fully saturated rings. The van der Waals surface area contributed by atoms with E-state index < -0.39 is 6.10 Å². The Hall–Kier alpha value is -0.340. The molecule has 0 aliphatic rings. The standard InChI is InChI=1S/C9H18O2/c1-6(2)9(11)7(3)5-8(4)10/h7-11H,1,5H2,2-4H3/t7-,8+,9+/m1/s1. The molecule has 0 saturated carbocycles. The SMILES string of the molecule is C=C(C)[C@H](O)[C@H](C)C[C@H](C)O. The second kappa shape index (κ2) is 4.52. The van der Waals surface area contributed by atoms with Gasteiger partial charge in [0.25, 0.3) is 0 Å². The highest BCUT2D eigenvalue weighted by molar-refractivity contribution is 4.98. The van der Waals surface area contributed by atoms with Crippen molar-refractivity contribution in [1.29, 1.82) is 0 Å². The smallest absolute Gasteiger partial charge is 0.0771 e. The second-order valence-electron chi connectivity index (χ2n) is 3.35. The molecule has 0 unspecified atom stereocenters. The van der Waals surface area contributed by atoms with Gasteiger partial charge in [-0.15, -0.1) is 0 Å². The highest BCUT2D eigenvalue weighted by Crippen LogP contribution is 2.15. The Kier molecular flexibility index (Phi) is 4.38. The molecule has 0 aromatic heterocycles. The summed E-state index contributed by atoms with van der Waals surface area (Å²) in [6.07, 6.45) is -0.211. The number of aliphatic hydroxyl groups is 2. The van der Waals surface area contributed by atoms with E-state index in [1.54, 1.807) is 13.8 Å². The van der Waals surface area contributed by atoms with Crippen molar-refractivity contribution in [3.05, 3.63) is 12.2 Å². The van der Waals surface area contributed by atoms with Crippen LogP contribution in [0.3, 0.4) is 0 Å². The molecule has 0 aromatic carbocycles. The molecule has 0 aromatic rings. The molecular weight excluding hydrogens is 140 g/mol. The first-order chi connectivity index (χ1) is 4.95. The lowest BCUT2D eigenvalue weighted by molar-refractivity contribution is 0.0975. The molecule has 0 amide bonds. The normalized spacial score (nSPS) is 19.0. The van der Waals surface area contributed by atoms with Gasteiger partial charge in [-0.3, -0.25) is 0 Å². The third kappa shape index (κ3) is 4.17. The molecule has 11 heavy (non-hydrogen) atoms. The van der Waals surface area contributed by atoms with Gasteiger partial charge in [-0.05, 0) is 26.2 Å². The zero-order valence-electron chi connectivity index (χ0n) is 7.54. The first-order valence-electron chi connectivity index (χ1n) is 3.96. The average molecular weight is 158 g/mol. The van der Waals surface area contributed by atoms with Crippen LogP contribution in [0.1, 0.15) is 27.2 Å². The Balaban J connectivity index is 3.82. The molecule has 0 saturated heterocycles. The van der Waals surface area contributed by atoms with Gasteiger partial charge in [0.2, 0.25) is 0 Å². The highest BCUT2D eigenvalue weighted by atomic mass is 16.3. The maximum atomic E-state index is 9.43. The summed E-state index contributed by atoms with van der Waals surface area (Å²) in [7, 11) is 0. The van der Waals surface area contributed by atoms with Crippen LogP contribution >= 0.6 is 0 Å². The monoisotopic (exact) mass is 158 g/mol. The van der Waals surface area contributed by atoms with Crippen LogP contribution in [0, 0.1) is 5.92 Å². The molecule has 0 aliphatic carbocycles. The quantitative estimate of drug-likeness (QED) is 0.606. The first kappa shape index (κ1) is 10.7. The fraction of sp³-hybridized carbons (Fsp3) is 0.778. The van der Waals surface area contributed by atoms with E-state index in [0.717, 1.165) is 5.57 Å². The van der Waals surface area contributed by atoms with E-state index in [0.29, 0.717) is 6.42 Å². The van der Waals surface area contributed by atoms with Crippen LogP contribution in [0.15, 0.2) is 12.2 Å². The van der Waals surface area contributed by atoms with Gasteiger partial charge in [0.1, 0.15) is 0 Å². The number of rotatable bonds is 4. The van der Waals surface area contributed by atoms with Gasteiger partial charge in [-0.1, -0.05) is 19.1 Å². The van der Waals surface area contributed by atoms with Crippen LogP contribution in [-0.4, -0.2) is 22.4 Å². The summed E-state index contributed by atoms with van der Waals surface area (Å²) < 4.78 is 0. The van der Waals surface area contributed by atoms with Crippen molar-refractivity contribution in [2.24, 2.45) is 5.92 Å². The zero-order valence-corrected chi connectivity index (χ0v) is 7.54. The molecule has 0 spiro atoms.